The standard InChI is InChI=1S/C31H31N9O21S6/c32-16-59-15-17-1-7-21(23(13-17)64(47,48)49)36-39-29-25(31(41)42)28(38-35-18-2-4-19(5-3-18)62(43,44)11-9-60-66(53,54)55)26(33)30(27(29)34)40-37-22-8-6-20(14-24(22)65(50,51)52)63(45,46)12-10-61-67(56,57)58/h1-8,13-14,16,32H,9-12,15,33-34H2,(H,41,42)(H,47,48,49)(H,50,51,52)(H,53,54,55)(H,56,57,58). The number of anilines is 2. The van der Waals surface area contributed by atoms with E-state index in [1.165, 1.54) is 6.07 Å². The quantitative estimate of drug-likeness (QED) is 0.0183. The Morgan fingerprint density at radius 1 is 0.582 bits per heavy atom. The molecule has 0 heterocycles. The number of nitrogens with two attached hydrogens (primary N) is 2. The second-order valence-electron chi connectivity index (χ2n) is 12.6. The molecule has 0 spiro atoms. The molecule has 0 aliphatic carbocycles. The number of aromatic carboxylic acids is 1. The molecule has 0 amide bonds. The van der Waals surface area contributed by atoms with Crippen LogP contribution in [-0.4, -0.2) is 111 Å². The third-order valence-corrected chi connectivity index (χ3v) is 14.1. The molecule has 0 aliphatic heterocycles. The van der Waals surface area contributed by atoms with Crippen molar-refractivity contribution in [1.82, 2.24) is 0 Å². The highest BCUT2D eigenvalue weighted by atomic mass is 32.3. The highest BCUT2D eigenvalue weighted by Gasteiger charge is 2.29. The van der Waals surface area contributed by atoms with Crippen LogP contribution < -0.4 is 11.5 Å². The normalized spacial score (nSPS) is 13.1. The van der Waals surface area contributed by atoms with E-state index in [1.54, 1.807) is 0 Å². The van der Waals surface area contributed by atoms with Crippen molar-refractivity contribution in [2.45, 2.75) is 26.2 Å². The first-order valence-corrected chi connectivity index (χ1v) is 26.1. The maximum Gasteiger partial charge on any atom is 0.397 e. The summed E-state index contributed by atoms with van der Waals surface area (Å²) in [5.74, 6) is -3.96. The Bertz CT molecular complexity index is 3400. The number of ether oxygens (including phenoxy) is 1. The summed E-state index contributed by atoms with van der Waals surface area (Å²) < 4.78 is 194. The summed E-state index contributed by atoms with van der Waals surface area (Å²) in [6.07, 6.45) is 0.538. The molecular formula is C31H31N9O21S6. The number of nitrogen functional groups attached to an aromatic ring is 2. The zero-order valence-corrected chi connectivity index (χ0v) is 37.8. The van der Waals surface area contributed by atoms with Crippen LogP contribution in [0.25, 0.3) is 0 Å². The van der Waals surface area contributed by atoms with Crippen molar-refractivity contribution in [1.29, 1.82) is 5.41 Å². The van der Waals surface area contributed by atoms with Gasteiger partial charge in [0, 0.05) is 0 Å². The van der Waals surface area contributed by atoms with Gasteiger partial charge in [0.05, 0.1) is 51.6 Å². The van der Waals surface area contributed by atoms with Crippen LogP contribution in [-0.2, 0) is 80.4 Å². The van der Waals surface area contributed by atoms with E-state index in [9.17, 15) is 69.5 Å². The minimum Gasteiger partial charge on any atom is -0.479 e. The number of hydrogen-bond acceptors (Lipinski definition) is 25. The number of azo groups is 3. The molecule has 0 radical (unpaired) electrons. The third kappa shape index (κ3) is 14.6. The van der Waals surface area contributed by atoms with Crippen molar-refractivity contribution in [3.8, 4) is 0 Å². The Morgan fingerprint density at radius 3 is 1.48 bits per heavy atom. The molecule has 0 aliphatic rings. The zero-order valence-electron chi connectivity index (χ0n) is 32.9. The molecule has 36 heteroatoms. The zero-order chi connectivity index (χ0) is 50.3. The van der Waals surface area contributed by atoms with Crippen LogP contribution >= 0.6 is 0 Å². The average Bonchev–Trinajstić information content (AvgIpc) is 3.20. The van der Waals surface area contributed by atoms with Crippen molar-refractivity contribution in [2.75, 3.05) is 36.2 Å². The first-order valence-electron chi connectivity index (χ1n) is 17.2. The predicted molar refractivity (Wildman–Crippen MR) is 226 cm³/mol. The van der Waals surface area contributed by atoms with Gasteiger partial charge >= 0.3 is 26.8 Å². The van der Waals surface area contributed by atoms with E-state index in [2.05, 4.69) is 39.1 Å². The molecule has 30 nitrogen and oxygen atoms in total. The Morgan fingerprint density at radius 2 is 1.01 bits per heavy atom. The molecular weight excluding hydrogens is 1030 g/mol. The third-order valence-electron chi connectivity index (χ3n) is 8.06. The van der Waals surface area contributed by atoms with Crippen molar-refractivity contribution in [3.63, 3.8) is 0 Å². The first kappa shape index (κ1) is 53.3. The molecule has 4 aromatic rings. The highest BCUT2D eigenvalue weighted by Crippen LogP contribution is 2.49. The molecule has 0 unspecified atom stereocenters. The lowest BCUT2D eigenvalue weighted by molar-refractivity contribution is 0.0698. The smallest absolute Gasteiger partial charge is 0.397 e. The summed E-state index contributed by atoms with van der Waals surface area (Å²) in [5.41, 5.74) is 5.61. The summed E-state index contributed by atoms with van der Waals surface area (Å²) in [4.78, 5) is 9.46. The van der Waals surface area contributed by atoms with E-state index in [1.807, 2.05) is 0 Å². The van der Waals surface area contributed by atoms with Crippen LogP contribution in [0, 0.1) is 5.41 Å². The van der Waals surface area contributed by atoms with Gasteiger partial charge in [0.2, 0.25) is 0 Å². The number of benzene rings is 4. The number of carboxylic acid groups (broad SMARTS) is 1. The maximum atomic E-state index is 12.9. The Labute approximate surface area is 378 Å². The first-order chi connectivity index (χ1) is 30.8. The van der Waals surface area contributed by atoms with E-state index in [0.29, 0.717) is 18.5 Å². The topological polar surface area (TPSA) is 501 Å². The van der Waals surface area contributed by atoms with Gasteiger partial charge in [-0.25, -0.2) is 30.0 Å². The fourth-order valence-corrected chi connectivity index (χ4v) is 9.49. The van der Waals surface area contributed by atoms with Gasteiger partial charge in [-0.15, -0.1) is 25.6 Å². The van der Waals surface area contributed by atoms with Gasteiger partial charge < -0.3 is 21.3 Å². The molecule has 4 aromatic carbocycles. The van der Waals surface area contributed by atoms with E-state index in [-0.39, 0.29) is 17.9 Å². The number of carboxylic acids is 1. The van der Waals surface area contributed by atoms with Gasteiger partial charge in [0.15, 0.2) is 26.1 Å². The van der Waals surface area contributed by atoms with E-state index in [0.717, 1.165) is 42.5 Å². The van der Waals surface area contributed by atoms with Gasteiger partial charge in [0.1, 0.15) is 50.4 Å². The second kappa shape index (κ2) is 20.7. The second-order valence-corrected chi connectivity index (χ2v) is 21.8. The number of carbonyl (C=O) groups is 1. The van der Waals surface area contributed by atoms with Gasteiger partial charge in [-0.05, 0) is 60.2 Å². The summed E-state index contributed by atoms with van der Waals surface area (Å²) >= 11 is 0. The van der Waals surface area contributed by atoms with Crippen molar-refractivity contribution >= 4 is 119 Å². The summed E-state index contributed by atoms with van der Waals surface area (Å²) in [5, 5.41) is 40.0. The van der Waals surface area contributed by atoms with Crippen molar-refractivity contribution in [2.24, 2.45) is 30.7 Å². The monoisotopic (exact) mass is 1060 g/mol. The molecule has 0 atom stereocenters. The van der Waals surface area contributed by atoms with Gasteiger partial charge in [-0.2, -0.15) is 38.8 Å². The van der Waals surface area contributed by atoms with E-state index >= 15 is 0 Å². The maximum absolute atomic E-state index is 12.9. The van der Waals surface area contributed by atoms with E-state index in [4.69, 9.17) is 30.7 Å². The lowest BCUT2D eigenvalue weighted by atomic mass is 10.1. The number of rotatable bonds is 22. The molecule has 0 aromatic heterocycles. The predicted octanol–water partition coefficient (Wildman–Crippen LogP) is 3.60. The van der Waals surface area contributed by atoms with Crippen LogP contribution in [0.3, 0.4) is 0 Å². The summed E-state index contributed by atoms with van der Waals surface area (Å²) in [6, 6.07) is 8.86. The fraction of sp³-hybridized carbons (Fsp3) is 0.161. The van der Waals surface area contributed by atoms with Crippen molar-refractivity contribution < 1.29 is 91.7 Å². The molecule has 0 saturated heterocycles. The Hall–Kier alpha value is -6.32. The minimum absolute atomic E-state index is 0.0940. The number of nitrogens with zero attached hydrogens (tertiary/aromatic N) is 6. The largest absolute Gasteiger partial charge is 0.479 e. The molecule has 10 N–H and O–H groups in total. The molecule has 0 saturated carbocycles. The van der Waals surface area contributed by atoms with Crippen LogP contribution in [0.2, 0.25) is 0 Å². The molecule has 4 rings (SSSR count). The Kier molecular flexibility index (Phi) is 16.5. The van der Waals surface area contributed by atoms with Gasteiger partial charge in [-0.3, -0.25) is 23.6 Å². The number of sulfone groups is 2. The summed E-state index contributed by atoms with van der Waals surface area (Å²) in [6.45, 7) is -2.43. The Balaban J connectivity index is 1.94. The lowest BCUT2D eigenvalue weighted by Crippen LogP contribution is -2.16. The number of nitrogens with one attached hydrogen (secondary N) is 1. The van der Waals surface area contributed by atoms with Crippen LogP contribution in [0.5, 0.6) is 0 Å². The van der Waals surface area contributed by atoms with Gasteiger partial charge in [-0.1, -0.05) is 6.07 Å². The van der Waals surface area contributed by atoms with Crippen LogP contribution in [0.1, 0.15) is 15.9 Å². The summed E-state index contributed by atoms with van der Waals surface area (Å²) in [7, 11) is -29.4. The van der Waals surface area contributed by atoms with Gasteiger partial charge in [0.25, 0.3) is 20.2 Å². The van der Waals surface area contributed by atoms with E-state index < -0.39 is 156 Å². The minimum atomic E-state index is -5.40. The SMILES string of the molecule is N=COCc1ccc(N=Nc2c(N)c(N=Nc3ccc(S(=O)(=O)CCOS(=O)(=O)O)cc3S(=O)(=O)O)c(N)c(N=Nc3ccc(S(=O)(=O)CCOS(=O)(=O)O)cc3)c2C(=O)O)c(S(=O)(=O)O)c1. The highest BCUT2D eigenvalue weighted by molar-refractivity contribution is 7.92. The fourth-order valence-electron chi connectivity index (χ4n) is 5.09. The molecule has 0 bridgehead atoms. The lowest BCUT2D eigenvalue weighted by Gasteiger charge is -2.13. The van der Waals surface area contributed by atoms with Crippen molar-refractivity contribution in [3.05, 3.63) is 71.8 Å². The number of hydrogen-bond donors (Lipinski definition) is 8. The van der Waals surface area contributed by atoms with Crippen LogP contribution in [0.4, 0.5) is 45.5 Å². The average molecular weight is 1060 g/mol. The molecule has 67 heavy (non-hydrogen) atoms. The van der Waals surface area contributed by atoms with Crippen LogP contribution in [0.15, 0.2) is 111 Å². The molecule has 362 valence electrons. The molecule has 0 fully saturated rings.